The first-order chi connectivity index (χ1) is 10.5. The Labute approximate surface area is 131 Å². The lowest BCUT2D eigenvalue weighted by Crippen LogP contribution is -2.27. The van der Waals surface area contributed by atoms with Crippen LogP contribution in [0.3, 0.4) is 0 Å². The molecule has 0 bridgehead atoms. The molecule has 0 spiro atoms. The highest BCUT2D eigenvalue weighted by atomic mass is 19.4. The second-order valence-electron chi connectivity index (χ2n) is 5.87. The third kappa shape index (κ3) is 4.77. The van der Waals surface area contributed by atoms with Gasteiger partial charge in [-0.15, -0.1) is 0 Å². The van der Waals surface area contributed by atoms with Crippen LogP contribution >= 0.6 is 0 Å². The molecule has 124 valence electrons. The Morgan fingerprint density at radius 3 is 2.43 bits per heavy atom. The first-order valence-corrected chi connectivity index (χ1v) is 6.82. The molecule has 0 saturated heterocycles. The Bertz CT molecular complexity index is 699. The van der Waals surface area contributed by atoms with Crippen LogP contribution in [-0.2, 0) is 10.9 Å². The van der Waals surface area contributed by atoms with Crippen molar-refractivity contribution in [3.63, 3.8) is 0 Å². The molecule has 1 amide bonds. The average molecular weight is 327 g/mol. The van der Waals surface area contributed by atoms with Gasteiger partial charge in [-0.05, 0) is 39.0 Å². The molecule has 1 heterocycles. The van der Waals surface area contributed by atoms with Crippen LogP contribution in [0.5, 0.6) is 0 Å². The number of amides is 1. The fourth-order valence-electron chi connectivity index (χ4n) is 1.81. The lowest BCUT2D eigenvalue weighted by atomic mass is 10.1. The molecule has 0 atom stereocenters. The zero-order valence-electron chi connectivity index (χ0n) is 12.8. The van der Waals surface area contributed by atoms with Gasteiger partial charge < -0.3 is 9.15 Å². The zero-order valence-corrected chi connectivity index (χ0v) is 12.8. The molecule has 0 aliphatic rings. The van der Waals surface area contributed by atoms with E-state index in [1.54, 1.807) is 20.8 Å². The van der Waals surface area contributed by atoms with Gasteiger partial charge in [0.05, 0.1) is 5.56 Å². The average Bonchev–Trinajstić information content (AvgIpc) is 2.84. The third-order valence-corrected chi connectivity index (χ3v) is 2.70. The quantitative estimate of drug-likeness (QED) is 0.813. The molecule has 0 radical (unpaired) electrons. The number of benzene rings is 1. The minimum Gasteiger partial charge on any atom is -0.444 e. The molecule has 0 aliphatic carbocycles. The summed E-state index contributed by atoms with van der Waals surface area (Å²) in [6, 6.07) is 7.66. The summed E-state index contributed by atoms with van der Waals surface area (Å²) < 4.78 is 48.5. The summed E-state index contributed by atoms with van der Waals surface area (Å²) in [5, 5.41) is 2.38. The van der Waals surface area contributed by atoms with E-state index >= 15 is 0 Å². The van der Waals surface area contributed by atoms with Crippen LogP contribution in [0.4, 0.5) is 23.8 Å². The van der Waals surface area contributed by atoms with E-state index in [-0.39, 0.29) is 17.2 Å². The second kappa shape index (κ2) is 5.98. The zero-order chi connectivity index (χ0) is 17.3. The second-order valence-corrected chi connectivity index (χ2v) is 5.87. The maximum absolute atomic E-state index is 12.7. The molecule has 0 saturated carbocycles. The van der Waals surface area contributed by atoms with Crippen molar-refractivity contribution in [2.24, 2.45) is 0 Å². The Morgan fingerprint density at radius 1 is 1.13 bits per heavy atom. The Kier molecular flexibility index (Phi) is 4.40. The topological polar surface area (TPSA) is 51.5 Å². The highest BCUT2D eigenvalue weighted by Crippen LogP contribution is 2.33. The van der Waals surface area contributed by atoms with Crippen LogP contribution in [0.1, 0.15) is 26.3 Å². The summed E-state index contributed by atoms with van der Waals surface area (Å²) in [7, 11) is 0. The summed E-state index contributed by atoms with van der Waals surface area (Å²) in [6.45, 7) is 5.13. The predicted molar refractivity (Wildman–Crippen MR) is 79.0 cm³/mol. The smallest absolute Gasteiger partial charge is 0.416 e. The molecule has 7 heteroatoms. The van der Waals surface area contributed by atoms with Gasteiger partial charge in [0.2, 0.25) is 5.88 Å². The Balaban J connectivity index is 2.15. The van der Waals surface area contributed by atoms with Crippen LogP contribution in [0, 0.1) is 0 Å². The van der Waals surface area contributed by atoms with Gasteiger partial charge in [-0.1, -0.05) is 12.1 Å². The van der Waals surface area contributed by atoms with Crippen molar-refractivity contribution in [1.29, 1.82) is 0 Å². The molecular formula is C16H16F3NO3. The number of alkyl halides is 3. The van der Waals surface area contributed by atoms with Crippen molar-refractivity contribution in [1.82, 2.24) is 0 Å². The summed E-state index contributed by atoms with van der Waals surface area (Å²) in [4.78, 5) is 11.6. The van der Waals surface area contributed by atoms with E-state index in [2.05, 4.69) is 5.32 Å². The fourth-order valence-corrected chi connectivity index (χ4v) is 1.81. The lowest BCUT2D eigenvalue weighted by molar-refractivity contribution is -0.137. The van der Waals surface area contributed by atoms with Gasteiger partial charge in [-0.3, -0.25) is 5.32 Å². The number of carbonyl (C=O) groups excluding carboxylic acids is 1. The number of anilines is 1. The summed E-state index contributed by atoms with van der Waals surface area (Å²) in [5.41, 5.74) is -1.18. The SMILES string of the molecule is CC(C)(C)OC(=O)Nc1ccc(-c2cccc(C(F)(F)F)c2)o1. The maximum atomic E-state index is 12.7. The molecule has 2 rings (SSSR count). The Morgan fingerprint density at radius 2 is 1.83 bits per heavy atom. The minimum absolute atomic E-state index is 0.0895. The molecule has 4 nitrogen and oxygen atoms in total. The van der Waals surface area contributed by atoms with Crippen LogP contribution in [-0.4, -0.2) is 11.7 Å². The van der Waals surface area contributed by atoms with E-state index in [1.165, 1.54) is 24.3 Å². The number of carbonyl (C=O) groups is 1. The van der Waals surface area contributed by atoms with Gasteiger partial charge in [0, 0.05) is 11.6 Å². The van der Waals surface area contributed by atoms with Gasteiger partial charge >= 0.3 is 12.3 Å². The summed E-state index contributed by atoms with van der Waals surface area (Å²) >= 11 is 0. The van der Waals surface area contributed by atoms with Gasteiger partial charge in [0.25, 0.3) is 0 Å². The highest BCUT2D eigenvalue weighted by Gasteiger charge is 2.30. The normalized spacial score (nSPS) is 12.1. The number of rotatable bonds is 2. The largest absolute Gasteiger partial charge is 0.444 e. The van der Waals surface area contributed by atoms with Gasteiger partial charge in [0.1, 0.15) is 11.4 Å². The Hall–Kier alpha value is -2.44. The molecular weight excluding hydrogens is 311 g/mol. The molecule has 2 aromatic rings. The van der Waals surface area contributed by atoms with Crippen molar-refractivity contribution < 1.29 is 27.1 Å². The number of hydrogen-bond donors (Lipinski definition) is 1. The van der Waals surface area contributed by atoms with Crippen molar-refractivity contribution >= 4 is 12.0 Å². The molecule has 23 heavy (non-hydrogen) atoms. The molecule has 1 N–H and O–H groups in total. The van der Waals surface area contributed by atoms with Crippen LogP contribution < -0.4 is 5.32 Å². The molecule has 0 unspecified atom stereocenters. The van der Waals surface area contributed by atoms with Gasteiger partial charge in [0.15, 0.2) is 0 Å². The predicted octanol–water partition coefficient (Wildman–Crippen LogP) is 5.31. The van der Waals surface area contributed by atoms with E-state index in [1.807, 2.05) is 0 Å². The third-order valence-electron chi connectivity index (χ3n) is 2.70. The van der Waals surface area contributed by atoms with Crippen molar-refractivity contribution in [2.45, 2.75) is 32.5 Å². The van der Waals surface area contributed by atoms with Gasteiger partial charge in [-0.25, -0.2) is 4.79 Å². The minimum atomic E-state index is -4.43. The van der Waals surface area contributed by atoms with E-state index in [0.717, 1.165) is 12.1 Å². The van der Waals surface area contributed by atoms with E-state index in [4.69, 9.17) is 9.15 Å². The first kappa shape index (κ1) is 16.9. The van der Waals surface area contributed by atoms with Crippen LogP contribution in [0.15, 0.2) is 40.8 Å². The first-order valence-electron chi connectivity index (χ1n) is 6.82. The number of halogens is 3. The summed E-state index contributed by atoms with van der Waals surface area (Å²) in [5.74, 6) is 0.300. The fraction of sp³-hybridized carbons (Fsp3) is 0.312. The van der Waals surface area contributed by atoms with E-state index < -0.39 is 23.4 Å². The number of ether oxygens (including phenoxy) is 1. The van der Waals surface area contributed by atoms with Crippen molar-refractivity contribution in [3.8, 4) is 11.3 Å². The van der Waals surface area contributed by atoms with E-state index in [0.29, 0.717) is 0 Å². The molecule has 1 aromatic carbocycles. The van der Waals surface area contributed by atoms with Crippen molar-refractivity contribution in [2.75, 3.05) is 5.32 Å². The number of nitrogens with one attached hydrogen (secondary N) is 1. The van der Waals surface area contributed by atoms with Crippen LogP contribution in [0.2, 0.25) is 0 Å². The lowest BCUT2D eigenvalue weighted by Gasteiger charge is -2.18. The summed E-state index contributed by atoms with van der Waals surface area (Å²) in [6.07, 6.45) is -5.14. The monoisotopic (exact) mass is 327 g/mol. The molecule has 1 aromatic heterocycles. The van der Waals surface area contributed by atoms with Crippen molar-refractivity contribution in [3.05, 3.63) is 42.0 Å². The standard InChI is InChI=1S/C16H16F3NO3/c1-15(2,3)23-14(21)20-13-8-7-12(22-13)10-5-4-6-11(9-10)16(17,18)19/h4-9H,1-3H3,(H,20,21). The number of hydrogen-bond acceptors (Lipinski definition) is 3. The highest BCUT2D eigenvalue weighted by molar-refractivity contribution is 5.83. The molecule has 0 fully saturated rings. The molecule has 0 aliphatic heterocycles. The maximum Gasteiger partial charge on any atom is 0.416 e. The van der Waals surface area contributed by atoms with Gasteiger partial charge in [-0.2, -0.15) is 13.2 Å². The van der Waals surface area contributed by atoms with E-state index in [9.17, 15) is 18.0 Å². The number of furan rings is 1. The van der Waals surface area contributed by atoms with Crippen LogP contribution in [0.25, 0.3) is 11.3 Å².